The Morgan fingerprint density at radius 2 is 2.14 bits per heavy atom. The Morgan fingerprint density at radius 3 is 2.79 bits per heavy atom. The van der Waals surface area contributed by atoms with Gasteiger partial charge < -0.3 is 4.74 Å². The molecule has 1 aromatic carbocycles. The van der Waals surface area contributed by atoms with Gasteiger partial charge in [0.1, 0.15) is 10.6 Å². The second kappa shape index (κ2) is 7.56. The molecule has 29 heavy (non-hydrogen) atoms. The SMILES string of the molecule is COc1ccc([N+](=O)[O-])cc1S(=O)(=O)N(C)/N=C\c1cnn2ccc(C#N)cc12. The summed E-state index contributed by atoms with van der Waals surface area (Å²) in [6.45, 7) is 0. The molecule has 2 heterocycles. The van der Waals surface area contributed by atoms with E-state index < -0.39 is 20.6 Å². The van der Waals surface area contributed by atoms with E-state index in [-0.39, 0.29) is 10.6 Å². The maximum absolute atomic E-state index is 12.9. The summed E-state index contributed by atoms with van der Waals surface area (Å²) >= 11 is 0. The summed E-state index contributed by atoms with van der Waals surface area (Å²) < 4.78 is 32.9. The van der Waals surface area contributed by atoms with Gasteiger partial charge in [-0.05, 0) is 18.2 Å². The van der Waals surface area contributed by atoms with Crippen molar-refractivity contribution in [3.05, 3.63) is 64.0 Å². The summed E-state index contributed by atoms with van der Waals surface area (Å²) in [5.41, 5.74) is 1.06. The van der Waals surface area contributed by atoms with Crippen molar-refractivity contribution < 1.29 is 18.1 Å². The normalized spacial score (nSPS) is 11.5. The number of nitrogens with zero attached hydrogens (tertiary/aromatic N) is 6. The van der Waals surface area contributed by atoms with E-state index in [2.05, 4.69) is 10.2 Å². The van der Waals surface area contributed by atoms with Crippen LogP contribution in [0.1, 0.15) is 11.1 Å². The van der Waals surface area contributed by atoms with Gasteiger partial charge in [0.15, 0.2) is 0 Å². The number of nitriles is 1. The Morgan fingerprint density at radius 1 is 1.38 bits per heavy atom. The van der Waals surface area contributed by atoms with Gasteiger partial charge in [0, 0.05) is 30.9 Å². The van der Waals surface area contributed by atoms with Crippen LogP contribution < -0.4 is 4.74 Å². The predicted octanol–water partition coefficient (Wildman–Crippen LogP) is 1.78. The highest BCUT2D eigenvalue weighted by Gasteiger charge is 2.26. The van der Waals surface area contributed by atoms with E-state index in [0.29, 0.717) is 21.1 Å². The first-order valence-corrected chi connectivity index (χ1v) is 9.44. The highest BCUT2D eigenvalue weighted by Crippen LogP contribution is 2.30. The number of nitro groups is 1. The summed E-state index contributed by atoms with van der Waals surface area (Å²) in [5.74, 6) is -0.0488. The number of fused-ring (bicyclic) bond motifs is 1. The average molecular weight is 414 g/mol. The molecule has 0 bridgehead atoms. The lowest BCUT2D eigenvalue weighted by molar-refractivity contribution is -0.385. The summed E-state index contributed by atoms with van der Waals surface area (Å²) in [4.78, 5) is 9.91. The molecule has 0 aliphatic heterocycles. The topological polar surface area (TPSA) is 143 Å². The second-order valence-corrected chi connectivity index (χ2v) is 7.65. The van der Waals surface area contributed by atoms with Gasteiger partial charge in [-0.25, -0.2) is 4.52 Å². The molecule has 0 N–H and O–H groups in total. The molecule has 3 aromatic rings. The number of pyridine rings is 1. The van der Waals surface area contributed by atoms with Gasteiger partial charge >= 0.3 is 0 Å². The van der Waals surface area contributed by atoms with Crippen LogP contribution in [-0.4, -0.2) is 47.7 Å². The molecule has 11 nitrogen and oxygen atoms in total. The molecule has 0 atom stereocenters. The van der Waals surface area contributed by atoms with Crippen molar-refractivity contribution >= 4 is 27.4 Å². The van der Waals surface area contributed by atoms with E-state index in [4.69, 9.17) is 10.00 Å². The van der Waals surface area contributed by atoms with Crippen molar-refractivity contribution in [2.24, 2.45) is 5.10 Å². The fourth-order valence-corrected chi connectivity index (χ4v) is 3.63. The molecule has 148 valence electrons. The number of aromatic nitrogens is 2. The maximum Gasteiger partial charge on any atom is 0.282 e. The first kappa shape index (κ1) is 19.8. The number of hydrogen-bond donors (Lipinski definition) is 0. The molecule has 0 aliphatic rings. The average Bonchev–Trinajstić information content (AvgIpc) is 3.13. The molecule has 0 saturated carbocycles. The molecule has 0 spiro atoms. The highest BCUT2D eigenvalue weighted by atomic mass is 32.2. The Bertz CT molecular complexity index is 1280. The summed E-state index contributed by atoms with van der Waals surface area (Å²) in [6.07, 6.45) is 4.33. The number of hydrazone groups is 1. The number of sulfonamides is 1. The van der Waals surface area contributed by atoms with Crippen molar-refractivity contribution in [1.82, 2.24) is 14.0 Å². The first-order valence-electron chi connectivity index (χ1n) is 8.00. The zero-order valence-electron chi connectivity index (χ0n) is 15.3. The van der Waals surface area contributed by atoms with Gasteiger partial charge in [-0.3, -0.25) is 10.1 Å². The molecule has 0 amide bonds. The van der Waals surface area contributed by atoms with E-state index >= 15 is 0 Å². The molecular formula is C17H14N6O5S. The summed E-state index contributed by atoms with van der Waals surface area (Å²) in [5, 5.41) is 28.1. The van der Waals surface area contributed by atoms with Gasteiger partial charge in [-0.1, -0.05) is 0 Å². The quantitative estimate of drug-likeness (QED) is 0.340. The highest BCUT2D eigenvalue weighted by molar-refractivity contribution is 7.89. The van der Waals surface area contributed by atoms with Crippen LogP contribution >= 0.6 is 0 Å². The number of nitro benzene ring substituents is 1. The zero-order valence-corrected chi connectivity index (χ0v) is 16.1. The monoisotopic (exact) mass is 414 g/mol. The lowest BCUT2D eigenvalue weighted by Gasteiger charge is -2.15. The van der Waals surface area contributed by atoms with Crippen molar-refractivity contribution in [1.29, 1.82) is 5.26 Å². The second-order valence-electron chi connectivity index (χ2n) is 5.73. The van der Waals surface area contributed by atoms with Gasteiger partial charge in [0.05, 0.1) is 41.6 Å². The van der Waals surface area contributed by atoms with Crippen LogP contribution in [0.4, 0.5) is 5.69 Å². The van der Waals surface area contributed by atoms with E-state index in [1.807, 2.05) is 6.07 Å². The van der Waals surface area contributed by atoms with Gasteiger partial charge in [-0.15, -0.1) is 0 Å². The van der Waals surface area contributed by atoms with Crippen molar-refractivity contribution in [2.75, 3.05) is 14.2 Å². The Balaban J connectivity index is 1.98. The lowest BCUT2D eigenvalue weighted by atomic mass is 10.2. The van der Waals surface area contributed by atoms with Crippen LogP contribution in [0.25, 0.3) is 5.52 Å². The predicted molar refractivity (Wildman–Crippen MR) is 102 cm³/mol. The molecule has 0 saturated heterocycles. The lowest BCUT2D eigenvalue weighted by Crippen LogP contribution is -2.22. The molecular weight excluding hydrogens is 400 g/mol. The molecule has 0 fully saturated rings. The molecule has 12 heteroatoms. The van der Waals surface area contributed by atoms with Crippen LogP contribution in [0.2, 0.25) is 0 Å². The smallest absolute Gasteiger partial charge is 0.282 e. The Kier molecular flexibility index (Phi) is 5.16. The minimum Gasteiger partial charge on any atom is -0.495 e. The summed E-state index contributed by atoms with van der Waals surface area (Å²) in [7, 11) is -1.78. The zero-order chi connectivity index (χ0) is 21.2. The van der Waals surface area contributed by atoms with Crippen molar-refractivity contribution in [3.8, 4) is 11.8 Å². The number of rotatable bonds is 6. The van der Waals surface area contributed by atoms with Crippen molar-refractivity contribution in [3.63, 3.8) is 0 Å². The van der Waals surface area contributed by atoms with Gasteiger partial charge in [0.25, 0.3) is 15.7 Å². The first-order chi connectivity index (χ1) is 13.8. The van der Waals surface area contributed by atoms with Gasteiger partial charge in [-0.2, -0.15) is 28.3 Å². The van der Waals surface area contributed by atoms with E-state index in [0.717, 1.165) is 12.1 Å². The van der Waals surface area contributed by atoms with E-state index in [1.54, 1.807) is 18.3 Å². The fourth-order valence-electron chi connectivity index (χ4n) is 2.50. The number of ether oxygens (including phenoxy) is 1. The Hall–Kier alpha value is -3.98. The standard InChI is InChI=1S/C17H14N6O5S/c1-21(19-10-13-11-20-22-6-5-12(9-18)7-15(13)22)29(26,27)17-8-14(23(24)25)3-4-16(17)28-2/h3-8,10-11H,1-2H3/b19-10-. The number of hydrogen-bond acceptors (Lipinski definition) is 8. The number of benzene rings is 1. The van der Waals surface area contributed by atoms with E-state index in [1.165, 1.54) is 37.2 Å². The molecule has 0 unspecified atom stereocenters. The Labute approximate surface area is 165 Å². The molecule has 2 aromatic heterocycles. The summed E-state index contributed by atoms with van der Waals surface area (Å²) in [6, 6.07) is 8.45. The molecule has 3 rings (SSSR count). The number of non-ortho nitro benzene ring substituents is 1. The third-order valence-corrected chi connectivity index (χ3v) is 5.69. The van der Waals surface area contributed by atoms with Crippen LogP contribution in [0.15, 0.2) is 52.7 Å². The maximum atomic E-state index is 12.9. The van der Waals surface area contributed by atoms with Crippen LogP contribution in [0.5, 0.6) is 5.75 Å². The number of methoxy groups -OCH3 is 1. The molecule has 0 aliphatic carbocycles. The third kappa shape index (κ3) is 3.71. The molecule has 0 radical (unpaired) electrons. The van der Waals surface area contributed by atoms with Crippen LogP contribution in [0, 0.1) is 21.4 Å². The van der Waals surface area contributed by atoms with Crippen LogP contribution in [0.3, 0.4) is 0 Å². The largest absolute Gasteiger partial charge is 0.495 e. The fraction of sp³-hybridized carbons (Fsp3) is 0.118. The van der Waals surface area contributed by atoms with Gasteiger partial charge in [0.2, 0.25) is 0 Å². The van der Waals surface area contributed by atoms with E-state index in [9.17, 15) is 18.5 Å². The minimum atomic E-state index is -4.23. The van der Waals surface area contributed by atoms with Crippen LogP contribution in [-0.2, 0) is 10.0 Å². The third-order valence-electron chi connectivity index (χ3n) is 4.02. The minimum absolute atomic E-state index is 0.0488. The van der Waals surface area contributed by atoms with Crippen molar-refractivity contribution in [2.45, 2.75) is 4.90 Å².